The first kappa shape index (κ1) is 15.3. The third-order valence-corrected chi connectivity index (χ3v) is 3.24. The van der Waals surface area contributed by atoms with Crippen molar-refractivity contribution in [1.29, 1.82) is 0 Å². The van der Waals surface area contributed by atoms with E-state index in [1.165, 1.54) is 13.2 Å². The third-order valence-electron chi connectivity index (χ3n) is 2.63. The third kappa shape index (κ3) is 3.15. The highest BCUT2D eigenvalue weighted by Gasteiger charge is 2.18. The Morgan fingerprint density at radius 2 is 1.95 bits per heavy atom. The second kappa shape index (κ2) is 6.13. The zero-order valence-electron chi connectivity index (χ0n) is 10.7. The Hall–Kier alpha value is -2.09. The summed E-state index contributed by atoms with van der Waals surface area (Å²) < 4.78 is 40.8. The van der Waals surface area contributed by atoms with Crippen molar-refractivity contribution in [3.05, 3.63) is 51.9 Å². The van der Waals surface area contributed by atoms with Gasteiger partial charge < -0.3 is 10.6 Å². The van der Waals surface area contributed by atoms with Gasteiger partial charge in [-0.1, -0.05) is 0 Å². The Morgan fingerprint density at radius 3 is 2.62 bits per heavy atom. The Balaban J connectivity index is 2.33. The zero-order valence-corrected chi connectivity index (χ0v) is 12.3. The Kier molecular flexibility index (Phi) is 4.46. The molecule has 0 bridgehead atoms. The summed E-state index contributed by atoms with van der Waals surface area (Å²) in [6.45, 7) is 0. The van der Waals surface area contributed by atoms with Gasteiger partial charge in [-0.05, 0) is 28.1 Å². The van der Waals surface area contributed by atoms with Gasteiger partial charge in [0.05, 0.1) is 15.7 Å². The van der Waals surface area contributed by atoms with E-state index in [0.717, 1.165) is 18.2 Å². The van der Waals surface area contributed by atoms with Crippen LogP contribution in [-0.2, 0) is 0 Å². The van der Waals surface area contributed by atoms with Crippen molar-refractivity contribution >= 4 is 33.3 Å². The first-order valence-corrected chi connectivity index (χ1v) is 6.51. The second-order valence-corrected chi connectivity index (χ2v) is 4.83. The van der Waals surface area contributed by atoms with Crippen LogP contribution >= 0.6 is 15.9 Å². The predicted molar refractivity (Wildman–Crippen MR) is 75.8 cm³/mol. The molecule has 0 aliphatic heterocycles. The molecule has 0 fully saturated rings. The van der Waals surface area contributed by atoms with Crippen molar-refractivity contribution in [1.82, 2.24) is 4.98 Å². The van der Waals surface area contributed by atoms with E-state index in [4.69, 9.17) is 0 Å². The van der Waals surface area contributed by atoms with Crippen LogP contribution in [0.2, 0.25) is 0 Å². The summed E-state index contributed by atoms with van der Waals surface area (Å²) in [6.07, 6.45) is 1.22. The number of hydrogen-bond acceptors (Lipinski definition) is 3. The minimum Gasteiger partial charge on any atom is -0.371 e. The van der Waals surface area contributed by atoms with Crippen LogP contribution < -0.4 is 10.6 Å². The molecule has 0 aliphatic carbocycles. The number of rotatable bonds is 3. The summed E-state index contributed by atoms with van der Waals surface area (Å²) in [5.41, 5.74) is -0.722. The number of halogens is 4. The number of anilines is 2. The summed E-state index contributed by atoms with van der Waals surface area (Å²) in [4.78, 5) is 15.6. The largest absolute Gasteiger partial charge is 0.371 e. The highest BCUT2D eigenvalue weighted by Crippen LogP contribution is 2.24. The van der Waals surface area contributed by atoms with E-state index in [1.807, 2.05) is 0 Å². The molecule has 0 aliphatic rings. The molecule has 0 atom stereocenters. The molecule has 21 heavy (non-hydrogen) atoms. The summed E-state index contributed by atoms with van der Waals surface area (Å²) in [7, 11) is 1.44. The fourth-order valence-corrected chi connectivity index (χ4v) is 1.92. The molecule has 0 radical (unpaired) electrons. The molecule has 2 rings (SSSR count). The maximum absolute atomic E-state index is 13.9. The summed E-state index contributed by atoms with van der Waals surface area (Å²) in [5.74, 6) is -3.51. The van der Waals surface area contributed by atoms with Crippen LogP contribution in [0, 0.1) is 17.5 Å². The minimum absolute atomic E-state index is 0.0782. The van der Waals surface area contributed by atoms with E-state index in [-0.39, 0.29) is 21.5 Å². The highest BCUT2D eigenvalue weighted by atomic mass is 79.9. The quantitative estimate of drug-likeness (QED) is 0.824. The van der Waals surface area contributed by atoms with Crippen molar-refractivity contribution in [2.24, 2.45) is 0 Å². The van der Waals surface area contributed by atoms with Crippen LogP contribution in [0.5, 0.6) is 0 Å². The first-order valence-electron chi connectivity index (χ1n) is 5.72. The van der Waals surface area contributed by atoms with Gasteiger partial charge in [-0.3, -0.25) is 4.79 Å². The van der Waals surface area contributed by atoms with E-state index in [9.17, 15) is 18.0 Å². The number of benzene rings is 1. The van der Waals surface area contributed by atoms with E-state index < -0.39 is 23.4 Å². The average Bonchev–Trinajstić information content (AvgIpc) is 2.44. The first-order chi connectivity index (χ1) is 9.93. The molecule has 0 spiro atoms. The monoisotopic (exact) mass is 359 g/mol. The van der Waals surface area contributed by atoms with Crippen LogP contribution in [0.25, 0.3) is 0 Å². The molecule has 1 aromatic carbocycles. The Labute approximate surface area is 126 Å². The molecule has 1 heterocycles. The fourth-order valence-electron chi connectivity index (χ4n) is 1.60. The highest BCUT2D eigenvalue weighted by molar-refractivity contribution is 9.10. The number of aromatic nitrogens is 1. The van der Waals surface area contributed by atoms with Crippen LogP contribution in [0.4, 0.5) is 24.7 Å². The molecule has 1 amide bonds. The number of hydrogen-bond donors (Lipinski definition) is 2. The van der Waals surface area contributed by atoms with Gasteiger partial charge in [0.25, 0.3) is 5.91 Å². The number of carbonyl (C=O) groups is 1. The lowest BCUT2D eigenvalue weighted by molar-refractivity contribution is 0.102. The summed E-state index contributed by atoms with van der Waals surface area (Å²) in [5, 5.41) is 4.59. The average molecular weight is 360 g/mol. The van der Waals surface area contributed by atoms with Gasteiger partial charge >= 0.3 is 0 Å². The molecule has 4 nitrogen and oxygen atoms in total. The zero-order chi connectivity index (χ0) is 15.6. The Morgan fingerprint density at radius 1 is 1.24 bits per heavy atom. The van der Waals surface area contributed by atoms with Crippen LogP contribution in [-0.4, -0.2) is 17.9 Å². The maximum Gasteiger partial charge on any atom is 0.258 e. The normalized spacial score (nSPS) is 10.3. The number of amides is 1. The van der Waals surface area contributed by atoms with Crippen molar-refractivity contribution in [3.63, 3.8) is 0 Å². The standard InChI is InChI=1S/C13H9BrF3N3O/c1-18-12-11(17)6(2-3-19-12)13(21)20-10-5-8(15)7(14)4-9(10)16/h2-5H,1H3,(H,18,19)(H,20,21). The number of pyridine rings is 1. The molecule has 110 valence electrons. The SMILES string of the molecule is CNc1nccc(C(=O)Nc2cc(F)c(Br)cc2F)c1F. The van der Waals surface area contributed by atoms with E-state index in [0.29, 0.717) is 0 Å². The molecular weight excluding hydrogens is 351 g/mol. The van der Waals surface area contributed by atoms with Crippen molar-refractivity contribution in [3.8, 4) is 0 Å². The molecule has 2 aromatic rings. The van der Waals surface area contributed by atoms with Gasteiger partial charge in [-0.15, -0.1) is 0 Å². The van der Waals surface area contributed by atoms with Gasteiger partial charge in [0.1, 0.15) is 11.6 Å². The lowest BCUT2D eigenvalue weighted by Crippen LogP contribution is -2.16. The Bertz CT molecular complexity index is 709. The summed E-state index contributed by atoms with van der Waals surface area (Å²) >= 11 is 2.82. The van der Waals surface area contributed by atoms with Crippen molar-refractivity contribution in [2.45, 2.75) is 0 Å². The van der Waals surface area contributed by atoms with Crippen LogP contribution in [0.1, 0.15) is 10.4 Å². The molecule has 0 saturated heterocycles. The van der Waals surface area contributed by atoms with Crippen molar-refractivity contribution in [2.75, 3.05) is 17.7 Å². The number of carbonyl (C=O) groups excluding carboxylic acids is 1. The lowest BCUT2D eigenvalue weighted by Gasteiger charge is -2.09. The molecule has 0 saturated carbocycles. The van der Waals surface area contributed by atoms with Gasteiger partial charge in [-0.25, -0.2) is 18.2 Å². The predicted octanol–water partition coefficient (Wildman–Crippen LogP) is 3.56. The van der Waals surface area contributed by atoms with Crippen LogP contribution in [0.15, 0.2) is 28.9 Å². The van der Waals surface area contributed by atoms with E-state index in [2.05, 4.69) is 31.5 Å². The van der Waals surface area contributed by atoms with Gasteiger partial charge in [0, 0.05) is 19.3 Å². The van der Waals surface area contributed by atoms with Crippen LogP contribution in [0.3, 0.4) is 0 Å². The molecule has 8 heteroatoms. The second-order valence-electron chi connectivity index (χ2n) is 3.97. The lowest BCUT2D eigenvalue weighted by atomic mass is 10.2. The van der Waals surface area contributed by atoms with Crippen molar-refractivity contribution < 1.29 is 18.0 Å². The fraction of sp³-hybridized carbons (Fsp3) is 0.0769. The van der Waals surface area contributed by atoms with Gasteiger partial charge in [0.15, 0.2) is 11.6 Å². The topological polar surface area (TPSA) is 54.0 Å². The molecule has 2 N–H and O–H groups in total. The maximum atomic E-state index is 13.9. The molecule has 1 aromatic heterocycles. The van der Waals surface area contributed by atoms with E-state index >= 15 is 0 Å². The number of nitrogens with zero attached hydrogens (tertiary/aromatic N) is 1. The minimum atomic E-state index is -0.910. The smallest absolute Gasteiger partial charge is 0.258 e. The van der Waals surface area contributed by atoms with E-state index in [1.54, 1.807) is 0 Å². The summed E-state index contributed by atoms with van der Waals surface area (Å²) in [6, 6.07) is 2.81. The van der Waals surface area contributed by atoms with Gasteiger partial charge in [-0.2, -0.15) is 0 Å². The number of nitrogens with one attached hydrogen (secondary N) is 2. The van der Waals surface area contributed by atoms with Gasteiger partial charge in [0.2, 0.25) is 0 Å². The molecular formula is C13H9BrF3N3O. The molecule has 0 unspecified atom stereocenters.